The van der Waals surface area contributed by atoms with Gasteiger partial charge in [-0.15, -0.1) is 0 Å². The summed E-state index contributed by atoms with van der Waals surface area (Å²) in [6.07, 6.45) is 3.90. The van der Waals surface area contributed by atoms with Crippen molar-refractivity contribution in [2.24, 2.45) is 0 Å². The summed E-state index contributed by atoms with van der Waals surface area (Å²) < 4.78 is 21.2. The van der Waals surface area contributed by atoms with Gasteiger partial charge in [0.15, 0.2) is 0 Å². The minimum atomic E-state index is -0.311. The van der Waals surface area contributed by atoms with Crippen LogP contribution < -0.4 is 4.74 Å². The van der Waals surface area contributed by atoms with E-state index in [1.807, 2.05) is 41.8 Å². The summed E-state index contributed by atoms with van der Waals surface area (Å²) in [5, 5.41) is 9.40. The molecule has 2 aromatic carbocycles. The maximum absolute atomic E-state index is 13.4. The Morgan fingerprint density at radius 3 is 2.53 bits per heavy atom. The molecule has 6 nitrogen and oxygen atoms in total. The first-order valence-corrected chi connectivity index (χ1v) is 9.65. The molecule has 0 bridgehead atoms. The highest BCUT2D eigenvalue weighted by Gasteiger charge is 2.20. The fraction of sp³-hybridized carbons (Fsp3) is 0.174. The largest absolute Gasteiger partial charge is 0.424 e. The average Bonchev–Trinajstić information content (AvgIpc) is 3.21. The number of imidazole rings is 1. The van der Waals surface area contributed by atoms with Gasteiger partial charge in [0.25, 0.3) is 0 Å². The smallest absolute Gasteiger partial charge is 0.322 e. The van der Waals surface area contributed by atoms with Crippen LogP contribution in [-0.2, 0) is 0 Å². The average molecular weight is 404 g/mol. The molecule has 0 spiro atoms. The number of aromatic nitrogens is 4. The third kappa shape index (κ3) is 4.21. The molecule has 0 aliphatic rings. The lowest BCUT2D eigenvalue weighted by Crippen LogP contribution is -2.08. The van der Waals surface area contributed by atoms with Crippen LogP contribution in [0.5, 0.6) is 11.8 Å². The van der Waals surface area contributed by atoms with Crippen LogP contribution in [0.15, 0.2) is 73.2 Å². The van der Waals surface area contributed by atoms with Gasteiger partial charge < -0.3 is 14.4 Å². The molecule has 0 amide bonds. The predicted octanol–water partition coefficient (Wildman–Crippen LogP) is 4.88. The third-order valence-corrected chi connectivity index (χ3v) is 4.76. The standard InChI is InChI=1S/C23H21FN4O2/c1-16(12-14-29)28-15-26-21(17-7-9-18(24)10-8-17)22(28)20-11-13-25-23(27-20)30-19-5-3-2-4-6-19/h2-11,13,15-16,29H,12,14H2,1H3. The number of ether oxygens (including phenoxy) is 1. The summed E-state index contributed by atoms with van der Waals surface area (Å²) in [6, 6.07) is 17.5. The monoisotopic (exact) mass is 404 g/mol. The third-order valence-electron chi connectivity index (χ3n) is 4.76. The Morgan fingerprint density at radius 1 is 1.03 bits per heavy atom. The molecular formula is C23H21FN4O2. The molecule has 4 rings (SSSR count). The highest BCUT2D eigenvalue weighted by molar-refractivity contribution is 5.77. The van der Waals surface area contributed by atoms with E-state index in [1.165, 1.54) is 12.1 Å². The second-order valence-corrected chi connectivity index (χ2v) is 6.86. The molecule has 2 heterocycles. The van der Waals surface area contributed by atoms with Crippen LogP contribution in [0.2, 0.25) is 0 Å². The molecule has 2 aromatic heterocycles. The molecule has 1 atom stereocenters. The van der Waals surface area contributed by atoms with Crippen LogP contribution in [0.1, 0.15) is 19.4 Å². The first-order valence-electron chi connectivity index (χ1n) is 9.65. The molecular weight excluding hydrogens is 383 g/mol. The van der Waals surface area contributed by atoms with E-state index in [1.54, 1.807) is 30.7 Å². The fourth-order valence-electron chi connectivity index (χ4n) is 3.21. The zero-order valence-corrected chi connectivity index (χ0v) is 16.4. The van der Waals surface area contributed by atoms with Crippen molar-refractivity contribution in [3.8, 4) is 34.4 Å². The molecule has 152 valence electrons. The first-order chi connectivity index (χ1) is 14.7. The Morgan fingerprint density at radius 2 is 1.80 bits per heavy atom. The molecule has 7 heteroatoms. The lowest BCUT2D eigenvalue weighted by atomic mass is 10.1. The van der Waals surface area contributed by atoms with Crippen LogP contribution >= 0.6 is 0 Å². The van der Waals surface area contributed by atoms with Crippen LogP contribution in [-0.4, -0.2) is 31.2 Å². The number of para-hydroxylation sites is 1. The van der Waals surface area contributed by atoms with Crippen molar-refractivity contribution < 1.29 is 14.2 Å². The lowest BCUT2D eigenvalue weighted by molar-refractivity contribution is 0.263. The minimum Gasteiger partial charge on any atom is -0.424 e. The summed E-state index contributed by atoms with van der Waals surface area (Å²) in [5.74, 6) is 0.324. The zero-order chi connectivity index (χ0) is 20.9. The second kappa shape index (κ2) is 8.84. The molecule has 0 aliphatic carbocycles. The van der Waals surface area contributed by atoms with Crippen molar-refractivity contribution in [1.82, 2.24) is 19.5 Å². The van der Waals surface area contributed by atoms with E-state index in [2.05, 4.69) is 15.0 Å². The second-order valence-electron chi connectivity index (χ2n) is 6.86. The lowest BCUT2D eigenvalue weighted by Gasteiger charge is -2.16. The molecule has 0 aliphatic heterocycles. The Labute approximate surface area is 173 Å². The van der Waals surface area contributed by atoms with E-state index in [4.69, 9.17) is 4.74 Å². The Kier molecular flexibility index (Phi) is 5.81. The summed E-state index contributed by atoms with van der Waals surface area (Å²) in [5.41, 5.74) is 2.81. The Hall–Kier alpha value is -3.58. The normalized spacial score (nSPS) is 12.0. The molecule has 0 saturated carbocycles. The molecule has 0 radical (unpaired) electrons. The van der Waals surface area contributed by atoms with Gasteiger partial charge in [-0.05, 0) is 55.8 Å². The van der Waals surface area contributed by atoms with Crippen LogP contribution in [0.25, 0.3) is 22.6 Å². The Bertz CT molecular complexity index is 1110. The van der Waals surface area contributed by atoms with Crippen molar-refractivity contribution in [2.75, 3.05) is 6.61 Å². The van der Waals surface area contributed by atoms with Gasteiger partial charge in [-0.1, -0.05) is 18.2 Å². The molecule has 30 heavy (non-hydrogen) atoms. The summed E-state index contributed by atoms with van der Waals surface area (Å²) >= 11 is 0. The number of aliphatic hydroxyl groups is 1. The first kappa shape index (κ1) is 19.7. The maximum atomic E-state index is 13.4. The number of hydrogen-bond donors (Lipinski definition) is 1. The molecule has 0 fully saturated rings. The molecule has 1 N–H and O–H groups in total. The summed E-state index contributed by atoms with van der Waals surface area (Å²) in [6.45, 7) is 2.05. The molecule has 0 saturated heterocycles. The minimum absolute atomic E-state index is 0.0137. The topological polar surface area (TPSA) is 73.1 Å². The van der Waals surface area contributed by atoms with Crippen molar-refractivity contribution in [2.45, 2.75) is 19.4 Å². The quantitative estimate of drug-likeness (QED) is 0.475. The highest BCUT2D eigenvalue weighted by atomic mass is 19.1. The van der Waals surface area contributed by atoms with Crippen molar-refractivity contribution >= 4 is 0 Å². The van der Waals surface area contributed by atoms with Crippen molar-refractivity contribution in [3.63, 3.8) is 0 Å². The van der Waals surface area contributed by atoms with Gasteiger partial charge in [-0.25, -0.2) is 14.4 Å². The summed E-state index contributed by atoms with van der Waals surface area (Å²) in [4.78, 5) is 13.4. The number of aliphatic hydroxyl groups excluding tert-OH is 1. The Balaban J connectivity index is 1.79. The van der Waals surface area contributed by atoms with Crippen LogP contribution in [0.3, 0.4) is 0 Å². The van der Waals surface area contributed by atoms with E-state index in [-0.39, 0.29) is 24.5 Å². The van der Waals surface area contributed by atoms with Gasteiger partial charge in [-0.2, -0.15) is 4.98 Å². The highest BCUT2D eigenvalue weighted by Crippen LogP contribution is 2.33. The number of nitrogens with zero attached hydrogens (tertiary/aromatic N) is 4. The van der Waals surface area contributed by atoms with E-state index in [0.717, 1.165) is 11.3 Å². The van der Waals surface area contributed by atoms with Gasteiger partial charge in [0.2, 0.25) is 0 Å². The van der Waals surface area contributed by atoms with Crippen LogP contribution in [0.4, 0.5) is 4.39 Å². The van der Waals surface area contributed by atoms with Gasteiger partial charge in [-0.3, -0.25) is 0 Å². The van der Waals surface area contributed by atoms with E-state index >= 15 is 0 Å². The van der Waals surface area contributed by atoms with Gasteiger partial charge in [0.05, 0.1) is 23.4 Å². The predicted molar refractivity (Wildman–Crippen MR) is 112 cm³/mol. The SMILES string of the molecule is CC(CCO)n1cnc(-c2ccc(F)cc2)c1-c1ccnc(Oc2ccccc2)n1. The van der Waals surface area contributed by atoms with Gasteiger partial charge in [0, 0.05) is 24.4 Å². The molecule has 4 aromatic rings. The van der Waals surface area contributed by atoms with Gasteiger partial charge >= 0.3 is 6.01 Å². The number of hydrogen-bond acceptors (Lipinski definition) is 5. The van der Waals surface area contributed by atoms with E-state index in [9.17, 15) is 9.50 Å². The van der Waals surface area contributed by atoms with E-state index < -0.39 is 0 Å². The van der Waals surface area contributed by atoms with Gasteiger partial charge in [0.1, 0.15) is 11.6 Å². The summed E-state index contributed by atoms with van der Waals surface area (Å²) in [7, 11) is 0. The number of benzene rings is 2. The van der Waals surface area contributed by atoms with Crippen LogP contribution in [0, 0.1) is 5.82 Å². The molecule has 1 unspecified atom stereocenters. The maximum Gasteiger partial charge on any atom is 0.322 e. The number of halogens is 1. The fourth-order valence-corrected chi connectivity index (χ4v) is 3.21. The van der Waals surface area contributed by atoms with Crippen molar-refractivity contribution in [1.29, 1.82) is 0 Å². The number of rotatable bonds is 7. The zero-order valence-electron chi connectivity index (χ0n) is 16.4. The van der Waals surface area contributed by atoms with Crippen molar-refractivity contribution in [3.05, 3.63) is 79.0 Å². The van der Waals surface area contributed by atoms with E-state index in [0.29, 0.717) is 23.6 Å².